The van der Waals surface area contributed by atoms with Gasteiger partial charge in [-0.3, -0.25) is 0 Å². The van der Waals surface area contributed by atoms with Crippen LogP contribution >= 0.6 is 11.6 Å². The number of aromatic nitrogens is 2. The summed E-state index contributed by atoms with van der Waals surface area (Å²) in [5, 5.41) is 4.10. The number of hydrogen-bond donors (Lipinski definition) is 3. The quantitative estimate of drug-likeness (QED) is 0.685. The Morgan fingerprint density at radius 1 is 1.10 bits per heavy atom. The zero-order valence-corrected chi connectivity index (χ0v) is 12.6. The summed E-state index contributed by atoms with van der Waals surface area (Å²) in [4.78, 5) is 16.8. The number of nitrogens with one attached hydrogen (secondary N) is 3. The van der Waals surface area contributed by atoms with E-state index >= 15 is 0 Å². The molecule has 1 aromatic heterocycles. The number of anilines is 1. The Morgan fingerprint density at radius 3 is 2.62 bits per heavy atom. The van der Waals surface area contributed by atoms with E-state index in [1.54, 1.807) is 0 Å². The summed E-state index contributed by atoms with van der Waals surface area (Å²) in [5.74, 6) is 0. The highest BCUT2D eigenvalue weighted by Gasteiger charge is 2.09. The average molecular weight is 302 g/mol. The van der Waals surface area contributed by atoms with Crippen LogP contribution in [0, 0.1) is 6.92 Å². The van der Waals surface area contributed by atoms with Gasteiger partial charge in [-0.2, -0.15) is 0 Å². The minimum absolute atomic E-state index is 0.0769. The highest BCUT2D eigenvalue weighted by Crippen LogP contribution is 2.27. The molecule has 0 aliphatic rings. The first-order valence-corrected chi connectivity index (χ1v) is 7.15. The van der Waals surface area contributed by atoms with Crippen LogP contribution in [0.3, 0.4) is 0 Å². The molecule has 0 aliphatic carbocycles. The van der Waals surface area contributed by atoms with Gasteiger partial charge in [0.2, 0.25) is 0 Å². The lowest BCUT2D eigenvalue weighted by atomic mass is 10.1. The molecule has 0 spiro atoms. The molecule has 4 nitrogen and oxygen atoms in total. The molecule has 0 radical (unpaired) electrons. The molecular weight excluding hydrogens is 286 g/mol. The molecule has 3 aromatic rings. The van der Waals surface area contributed by atoms with Crippen molar-refractivity contribution in [1.82, 2.24) is 9.97 Å². The van der Waals surface area contributed by atoms with E-state index in [0.29, 0.717) is 5.02 Å². The summed E-state index contributed by atoms with van der Waals surface area (Å²) < 4.78 is 0. The molecule has 108 valence electrons. The van der Waals surface area contributed by atoms with Gasteiger partial charge in [-0.1, -0.05) is 23.7 Å². The Bertz CT molecular complexity index is 850. The Balaban J connectivity index is 1.89. The van der Waals surface area contributed by atoms with Gasteiger partial charge in [-0.25, -0.2) is 4.79 Å². The van der Waals surface area contributed by atoms with E-state index < -0.39 is 0 Å². The summed E-state index contributed by atoms with van der Waals surface area (Å²) in [6.45, 7) is 4.07. The van der Waals surface area contributed by atoms with Gasteiger partial charge in [0.15, 0.2) is 0 Å². The zero-order chi connectivity index (χ0) is 15.0. The van der Waals surface area contributed by atoms with E-state index in [1.807, 2.05) is 43.3 Å². The van der Waals surface area contributed by atoms with Crippen molar-refractivity contribution < 1.29 is 0 Å². The highest BCUT2D eigenvalue weighted by molar-refractivity contribution is 6.33. The Labute approximate surface area is 127 Å². The van der Waals surface area contributed by atoms with Gasteiger partial charge >= 0.3 is 5.69 Å². The minimum atomic E-state index is -0.190. The van der Waals surface area contributed by atoms with Crippen LogP contribution in [0.15, 0.2) is 41.2 Å². The fraction of sp³-hybridized carbons (Fsp3) is 0.188. The molecule has 0 saturated heterocycles. The Morgan fingerprint density at radius 2 is 1.86 bits per heavy atom. The van der Waals surface area contributed by atoms with Crippen molar-refractivity contribution >= 4 is 28.3 Å². The SMILES string of the molecule is Cc1ccc(NC(C)c2ccc3[nH]c(=O)[nH]c3c2)c(Cl)c1. The second-order valence-corrected chi connectivity index (χ2v) is 5.64. The zero-order valence-electron chi connectivity index (χ0n) is 11.8. The lowest BCUT2D eigenvalue weighted by Crippen LogP contribution is -2.07. The number of fused-ring (bicyclic) bond motifs is 1. The van der Waals surface area contributed by atoms with E-state index in [2.05, 4.69) is 22.2 Å². The minimum Gasteiger partial charge on any atom is -0.377 e. The molecule has 1 atom stereocenters. The average Bonchev–Trinajstić information content (AvgIpc) is 2.80. The van der Waals surface area contributed by atoms with Crippen molar-refractivity contribution in [2.24, 2.45) is 0 Å². The van der Waals surface area contributed by atoms with E-state index in [1.165, 1.54) is 0 Å². The molecular formula is C16H16ClN3O. The fourth-order valence-corrected chi connectivity index (χ4v) is 2.66. The van der Waals surface area contributed by atoms with Crippen LogP contribution in [-0.2, 0) is 0 Å². The fourth-order valence-electron chi connectivity index (χ4n) is 2.37. The number of hydrogen-bond acceptors (Lipinski definition) is 2. The number of rotatable bonds is 3. The molecule has 0 bridgehead atoms. The van der Waals surface area contributed by atoms with E-state index in [0.717, 1.165) is 27.8 Å². The maximum atomic E-state index is 11.3. The predicted molar refractivity (Wildman–Crippen MR) is 87.1 cm³/mol. The van der Waals surface area contributed by atoms with Crippen molar-refractivity contribution in [3.8, 4) is 0 Å². The first kappa shape index (κ1) is 13.8. The molecule has 0 saturated carbocycles. The summed E-state index contributed by atoms with van der Waals surface area (Å²) in [7, 11) is 0. The first-order chi connectivity index (χ1) is 10.0. The van der Waals surface area contributed by atoms with Gasteiger partial charge in [-0.15, -0.1) is 0 Å². The Kier molecular flexibility index (Phi) is 3.47. The third-order valence-electron chi connectivity index (χ3n) is 3.54. The Hall–Kier alpha value is -2.20. The second-order valence-electron chi connectivity index (χ2n) is 5.23. The molecule has 0 fully saturated rings. The number of imidazole rings is 1. The third kappa shape index (κ3) is 2.81. The summed E-state index contributed by atoms with van der Waals surface area (Å²) in [6.07, 6.45) is 0. The predicted octanol–water partition coefficient (Wildman–Crippen LogP) is 3.99. The van der Waals surface area contributed by atoms with Gasteiger partial charge in [0.1, 0.15) is 0 Å². The number of benzene rings is 2. The lowest BCUT2D eigenvalue weighted by molar-refractivity contribution is 0.886. The molecule has 2 aromatic carbocycles. The van der Waals surface area contributed by atoms with Crippen LogP contribution in [0.1, 0.15) is 24.1 Å². The molecule has 1 heterocycles. The molecule has 0 amide bonds. The molecule has 0 aliphatic heterocycles. The summed E-state index contributed by atoms with van der Waals surface area (Å²) in [6, 6.07) is 11.9. The van der Waals surface area contributed by atoms with Crippen LogP contribution in [0.2, 0.25) is 5.02 Å². The van der Waals surface area contributed by atoms with Gasteiger partial charge in [-0.05, 0) is 49.2 Å². The number of halogens is 1. The maximum absolute atomic E-state index is 11.3. The van der Waals surface area contributed by atoms with Gasteiger partial charge in [0, 0.05) is 6.04 Å². The van der Waals surface area contributed by atoms with Gasteiger partial charge in [0.25, 0.3) is 0 Å². The number of aromatic amines is 2. The molecule has 3 N–H and O–H groups in total. The second kappa shape index (κ2) is 5.30. The van der Waals surface area contributed by atoms with Crippen LogP contribution in [0.5, 0.6) is 0 Å². The first-order valence-electron chi connectivity index (χ1n) is 6.77. The van der Waals surface area contributed by atoms with Gasteiger partial charge < -0.3 is 15.3 Å². The van der Waals surface area contributed by atoms with Crippen LogP contribution in [0.25, 0.3) is 11.0 Å². The molecule has 5 heteroatoms. The lowest BCUT2D eigenvalue weighted by Gasteiger charge is -2.17. The van der Waals surface area contributed by atoms with Gasteiger partial charge in [0.05, 0.1) is 21.7 Å². The highest BCUT2D eigenvalue weighted by atomic mass is 35.5. The standard InChI is InChI=1S/C16H16ClN3O/c1-9-3-5-13(12(17)7-9)18-10(2)11-4-6-14-15(8-11)20-16(21)19-14/h3-8,10,18H,1-2H3,(H2,19,20,21). The maximum Gasteiger partial charge on any atom is 0.323 e. The number of H-pyrrole nitrogens is 2. The normalized spacial score (nSPS) is 12.5. The monoisotopic (exact) mass is 301 g/mol. The van der Waals surface area contributed by atoms with E-state index in [-0.39, 0.29) is 11.7 Å². The smallest absolute Gasteiger partial charge is 0.323 e. The largest absolute Gasteiger partial charge is 0.377 e. The summed E-state index contributed by atoms with van der Waals surface area (Å²) >= 11 is 6.24. The van der Waals surface area contributed by atoms with Crippen molar-refractivity contribution in [2.45, 2.75) is 19.9 Å². The van der Waals surface area contributed by atoms with Crippen LogP contribution in [-0.4, -0.2) is 9.97 Å². The topological polar surface area (TPSA) is 60.7 Å². The molecule has 21 heavy (non-hydrogen) atoms. The van der Waals surface area contributed by atoms with Crippen molar-refractivity contribution in [3.63, 3.8) is 0 Å². The van der Waals surface area contributed by atoms with Crippen LogP contribution < -0.4 is 11.0 Å². The molecule has 3 rings (SSSR count). The number of aryl methyl sites for hydroxylation is 1. The van der Waals surface area contributed by atoms with Crippen molar-refractivity contribution in [1.29, 1.82) is 0 Å². The third-order valence-corrected chi connectivity index (χ3v) is 3.85. The van der Waals surface area contributed by atoms with Crippen molar-refractivity contribution in [3.05, 3.63) is 63.0 Å². The van der Waals surface area contributed by atoms with Crippen molar-refractivity contribution in [2.75, 3.05) is 5.32 Å². The summed E-state index contributed by atoms with van der Waals surface area (Å²) in [5.41, 5.74) is 4.53. The van der Waals surface area contributed by atoms with Crippen LogP contribution in [0.4, 0.5) is 5.69 Å². The van der Waals surface area contributed by atoms with E-state index in [4.69, 9.17) is 11.6 Å². The molecule has 1 unspecified atom stereocenters. The van der Waals surface area contributed by atoms with E-state index in [9.17, 15) is 4.79 Å².